The monoisotopic (exact) mass is 305 g/mol. The molecule has 2 aromatic carbocycles. The average molecular weight is 306 g/mol. The summed E-state index contributed by atoms with van der Waals surface area (Å²) in [5, 5.41) is 4.19. The summed E-state index contributed by atoms with van der Waals surface area (Å²) in [5.41, 5.74) is 3.20. The Morgan fingerprint density at radius 3 is 2.48 bits per heavy atom. The van der Waals surface area contributed by atoms with Gasteiger partial charge in [0, 0.05) is 16.3 Å². The third-order valence-electron chi connectivity index (χ3n) is 3.48. The fraction of sp³-hybridized carbons (Fsp3) is 0.294. The Kier molecular flexibility index (Phi) is 4.97. The molecule has 21 heavy (non-hydrogen) atoms. The number of nitrogens with one attached hydrogen (secondary N) is 1. The number of anilines is 1. The molecule has 0 saturated heterocycles. The highest BCUT2D eigenvalue weighted by Crippen LogP contribution is 2.32. The summed E-state index contributed by atoms with van der Waals surface area (Å²) < 4.78 is 10.7. The molecule has 0 aliphatic carbocycles. The smallest absolute Gasteiger partial charge is 0.124 e. The van der Waals surface area contributed by atoms with Gasteiger partial charge >= 0.3 is 0 Å². The fourth-order valence-corrected chi connectivity index (χ4v) is 2.41. The summed E-state index contributed by atoms with van der Waals surface area (Å²) in [6.45, 7) is 4.13. The molecule has 4 heteroatoms. The molecule has 0 aromatic heterocycles. The first-order valence-electron chi connectivity index (χ1n) is 6.79. The molecule has 2 aromatic rings. The van der Waals surface area contributed by atoms with Crippen LogP contribution in [0.1, 0.15) is 24.1 Å². The van der Waals surface area contributed by atoms with Gasteiger partial charge in [0.15, 0.2) is 0 Å². The van der Waals surface area contributed by atoms with Gasteiger partial charge in [-0.1, -0.05) is 17.7 Å². The van der Waals surface area contributed by atoms with Gasteiger partial charge < -0.3 is 14.8 Å². The van der Waals surface area contributed by atoms with Crippen LogP contribution in [0.3, 0.4) is 0 Å². The van der Waals surface area contributed by atoms with E-state index in [1.165, 1.54) is 0 Å². The normalized spacial score (nSPS) is 11.9. The van der Waals surface area contributed by atoms with Crippen molar-refractivity contribution in [1.82, 2.24) is 0 Å². The third-order valence-corrected chi connectivity index (χ3v) is 3.71. The first kappa shape index (κ1) is 15.5. The van der Waals surface area contributed by atoms with E-state index in [-0.39, 0.29) is 6.04 Å². The van der Waals surface area contributed by atoms with Gasteiger partial charge in [0.05, 0.1) is 20.3 Å². The molecule has 0 aliphatic rings. The van der Waals surface area contributed by atoms with Crippen LogP contribution < -0.4 is 14.8 Å². The zero-order valence-electron chi connectivity index (χ0n) is 12.7. The van der Waals surface area contributed by atoms with Crippen LogP contribution in [0.4, 0.5) is 5.69 Å². The van der Waals surface area contributed by atoms with E-state index in [1.807, 2.05) is 43.3 Å². The number of ether oxygens (including phenoxy) is 2. The van der Waals surface area contributed by atoms with Gasteiger partial charge in [-0.05, 0) is 49.7 Å². The van der Waals surface area contributed by atoms with Crippen LogP contribution in [0.2, 0.25) is 5.02 Å². The lowest BCUT2D eigenvalue weighted by molar-refractivity contribution is 0.397. The van der Waals surface area contributed by atoms with Gasteiger partial charge in [0.2, 0.25) is 0 Å². The first-order valence-corrected chi connectivity index (χ1v) is 7.17. The van der Waals surface area contributed by atoms with Gasteiger partial charge in [0.25, 0.3) is 0 Å². The summed E-state index contributed by atoms with van der Waals surface area (Å²) in [6.07, 6.45) is 0. The van der Waals surface area contributed by atoms with E-state index in [1.54, 1.807) is 14.2 Å². The molecule has 0 saturated carbocycles. The Labute approximate surface area is 130 Å². The largest absolute Gasteiger partial charge is 0.497 e. The fourth-order valence-electron chi connectivity index (χ4n) is 2.24. The summed E-state index contributed by atoms with van der Waals surface area (Å²) >= 11 is 6.07. The molecule has 0 heterocycles. The number of benzene rings is 2. The molecule has 0 bridgehead atoms. The van der Waals surface area contributed by atoms with Crippen molar-refractivity contribution in [2.45, 2.75) is 19.9 Å². The van der Waals surface area contributed by atoms with Crippen LogP contribution in [0.5, 0.6) is 11.5 Å². The molecule has 0 fully saturated rings. The Morgan fingerprint density at radius 1 is 1.05 bits per heavy atom. The second kappa shape index (κ2) is 6.72. The first-order chi connectivity index (χ1) is 10.0. The van der Waals surface area contributed by atoms with Gasteiger partial charge in [-0.25, -0.2) is 0 Å². The number of rotatable bonds is 5. The lowest BCUT2D eigenvalue weighted by Gasteiger charge is -2.20. The standard InChI is InChI=1S/C17H20ClNO2/c1-11-5-6-13(18)9-16(11)19-12(2)15-10-14(20-3)7-8-17(15)21-4/h5-10,12,19H,1-4H3. The molecule has 0 aliphatic heterocycles. The van der Waals surface area contributed by atoms with E-state index < -0.39 is 0 Å². The molecule has 0 radical (unpaired) electrons. The van der Waals surface area contributed by atoms with Crippen LogP contribution in [0, 0.1) is 6.92 Å². The highest BCUT2D eigenvalue weighted by Gasteiger charge is 2.13. The molecule has 2 rings (SSSR count). The van der Waals surface area contributed by atoms with Crippen LogP contribution in [0.15, 0.2) is 36.4 Å². The minimum atomic E-state index is 0.0622. The molecule has 0 amide bonds. The summed E-state index contributed by atoms with van der Waals surface area (Å²) in [4.78, 5) is 0. The lowest BCUT2D eigenvalue weighted by Crippen LogP contribution is -2.09. The predicted molar refractivity (Wildman–Crippen MR) is 87.8 cm³/mol. The van der Waals surface area contributed by atoms with Gasteiger partial charge in [-0.3, -0.25) is 0 Å². The molecule has 1 atom stereocenters. The van der Waals surface area contributed by atoms with Crippen LogP contribution in [-0.4, -0.2) is 14.2 Å². The minimum Gasteiger partial charge on any atom is -0.497 e. The SMILES string of the molecule is COc1ccc(OC)c(C(C)Nc2cc(Cl)ccc2C)c1. The number of aryl methyl sites for hydroxylation is 1. The second-order valence-corrected chi connectivity index (χ2v) is 5.37. The van der Waals surface area contributed by atoms with Crippen LogP contribution in [0.25, 0.3) is 0 Å². The average Bonchev–Trinajstić information content (AvgIpc) is 2.50. The maximum absolute atomic E-state index is 6.07. The molecule has 3 nitrogen and oxygen atoms in total. The highest BCUT2D eigenvalue weighted by atomic mass is 35.5. The van der Waals surface area contributed by atoms with Crippen molar-refractivity contribution >= 4 is 17.3 Å². The quantitative estimate of drug-likeness (QED) is 0.857. The topological polar surface area (TPSA) is 30.5 Å². The molecule has 112 valence electrons. The van der Waals surface area contributed by atoms with Gasteiger partial charge in [0.1, 0.15) is 11.5 Å². The van der Waals surface area contributed by atoms with Crippen LogP contribution in [-0.2, 0) is 0 Å². The summed E-state index contributed by atoms with van der Waals surface area (Å²) in [7, 11) is 3.33. The Hall–Kier alpha value is -1.87. The van der Waals surface area contributed by atoms with Crippen molar-refractivity contribution in [2.75, 3.05) is 19.5 Å². The van der Waals surface area contributed by atoms with E-state index in [0.29, 0.717) is 5.02 Å². The molecule has 1 N–H and O–H groups in total. The number of hydrogen-bond acceptors (Lipinski definition) is 3. The summed E-state index contributed by atoms with van der Waals surface area (Å²) in [6, 6.07) is 11.7. The molecular formula is C17H20ClNO2. The van der Waals surface area contributed by atoms with E-state index in [2.05, 4.69) is 12.2 Å². The molecule has 1 unspecified atom stereocenters. The van der Waals surface area contributed by atoms with Crippen molar-refractivity contribution in [1.29, 1.82) is 0 Å². The van der Waals surface area contributed by atoms with Crippen molar-refractivity contribution in [3.8, 4) is 11.5 Å². The lowest BCUT2D eigenvalue weighted by atomic mass is 10.1. The minimum absolute atomic E-state index is 0.0622. The number of hydrogen-bond donors (Lipinski definition) is 1. The van der Waals surface area contributed by atoms with Crippen LogP contribution >= 0.6 is 11.6 Å². The Bertz CT molecular complexity index is 628. The van der Waals surface area contributed by atoms with Gasteiger partial charge in [-0.15, -0.1) is 0 Å². The van der Waals surface area contributed by atoms with E-state index in [0.717, 1.165) is 28.3 Å². The van der Waals surface area contributed by atoms with E-state index in [4.69, 9.17) is 21.1 Å². The maximum Gasteiger partial charge on any atom is 0.124 e. The van der Waals surface area contributed by atoms with Gasteiger partial charge in [-0.2, -0.15) is 0 Å². The number of methoxy groups -OCH3 is 2. The van der Waals surface area contributed by atoms with Crippen molar-refractivity contribution in [3.05, 3.63) is 52.5 Å². The molecular weight excluding hydrogens is 286 g/mol. The zero-order valence-corrected chi connectivity index (χ0v) is 13.5. The third kappa shape index (κ3) is 3.61. The zero-order chi connectivity index (χ0) is 15.4. The summed E-state index contributed by atoms with van der Waals surface area (Å²) in [5.74, 6) is 1.64. The van der Waals surface area contributed by atoms with Crippen molar-refractivity contribution in [2.24, 2.45) is 0 Å². The second-order valence-electron chi connectivity index (χ2n) is 4.93. The Morgan fingerprint density at radius 2 is 1.81 bits per heavy atom. The highest BCUT2D eigenvalue weighted by molar-refractivity contribution is 6.30. The predicted octanol–water partition coefficient (Wildman–Crippen LogP) is 4.84. The van der Waals surface area contributed by atoms with Crippen molar-refractivity contribution < 1.29 is 9.47 Å². The number of halogens is 1. The van der Waals surface area contributed by atoms with Crippen molar-refractivity contribution in [3.63, 3.8) is 0 Å². The van der Waals surface area contributed by atoms with E-state index in [9.17, 15) is 0 Å². The van der Waals surface area contributed by atoms with E-state index >= 15 is 0 Å². The Balaban J connectivity index is 2.31. The molecule has 0 spiro atoms. The maximum atomic E-state index is 6.07.